The molecule has 1 aromatic rings. The Labute approximate surface area is 79.8 Å². The molecule has 0 spiro atoms. The van der Waals surface area contributed by atoms with Crippen LogP contribution in [0.5, 0.6) is 0 Å². The average Bonchev–Trinajstić information content (AvgIpc) is 2.04. The highest BCUT2D eigenvalue weighted by Crippen LogP contribution is 2.17. The van der Waals surface area contributed by atoms with Crippen LogP contribution in [-0.2, 0) is 0 Å². The molecule has 0 radical (unpaired) electrons. The normalized spacial score (nSPS) is 10.0. The topological polar surface area (TPSA) is 12.0 Å². The largest absolute Gasteiger partial charge is 0.260 e. The van der Waals surface area contributed by atoms with Crippen LogP contribution in [0, 0.1) is 0 Å². The molecule has 0 atom stereocenters. The summed E-state index contributed by atoms with van der Waals surface area (Å²) in [7, 11) is 0. The number of hydrogen-bond acceptors (Lipinski definition) is 2. The molecular formula is C8H10BrNS. The fourth-order valence-corrected chi connectivity index (χ4v) is 1.51. The fourth-order valence-electron chi connectivity index (χ4n) is 0.658. The van der Waals surface area contributed by atoms with Gasteiger partial charge in [0.25, 0.3) is 0 Å². The standard InChI is InChI=1S/C8H10BrNS/c1-2-10-11-8-5-3-7(9)4-6-8/h3-6,10H,2H2,1H3. The Morgan fingerprint density at radius 2 is 2.00 bits per heavy atom. The minimum atomic E-state index is 0.987. The maximum atomic E-state index is 3.38. The van der Waals surface area contributed by atoms with Crippen molar-refractivity contribution in [2.24, 2.45) is 0 Å². The van der Waals surface area contributed by atoms with Gasteiger partial charge in [-0.15, -0.1) is 0 Å². The van der Waals surface area contributed by atoms with Gasteiger partial charge in [-0.25, -0.2) is 0 Å². The molecule has 0 heterocycles. The Balaban J connectivity index is 2.52. The lowest BCUT2D eigenvalue weighted by molar-refractivity contribution is 1.03. The maximum Gasteiger partial charge on any atom is 0.0228 e. The van der Waals surface area contributed by atoms with Crippen LogP contribution < -0.4 is 4.72 Å². The van der Waals surface area contributed by atoms with E-state index in [0.717, 1.165) is 11.0 Å². The molecule has 0 unspecified atom stereocenters. The Morgan fingerprint density at radius 1 is 1.36 bits per heavy atom. The monoisotopic (exact) mass is 231 g/mol. The first-order chi connectivity index (χ1) is 5.33. The van der Waals surface area contributed by atoms with Crippen molar-refractivity contribution in [2.45, 2.75) is 11.8 Å². The predicted octanol–water partition coefficient (Wildman–Crippen LogP) is 3.07. The molecule has 1 aromatic carbocycles. The molecule has 0 aliphatic heterocycles. The van der Waals surface area contributed by atoms with E-state index in [2.05, 4.69) is 39.7 Å². The van der Waals surface area contributed by atoms with Crippen molar-refractivity contribution in [3.05, 3.63) is 28.7 Å². The molecule has 0 aromatic heterocycles. The molecule has 60 valence electrons. The number of benzene rings is 1. The summed E-state index contributed by atoms with van der Waals surface area (Å²) in [6, 6.07) is 8.24. The summed E-state index contributed by atoms with van der Waals surface area (Å²) in [5.74, 6) is 0. The van der Waals surface area contributed by atoms with Gasteiger partial charge in [0.1, 0.15) is 0 Å². The van der Waals surface area contributed by atoms with Crippen molar-refractivity contribution in [1.29, 1.82) is 0 Å². The van der Waals surface area contributed by atoms with E-state index in [0.29, 0.717) is 0 Å². The molecule has 0 bridgehead atoms. The minimum Gasteiger partial charge on any atom is -0.260 e. The molecular weight excluding hydrogens is 222 g/mol. The van der Waals surface area contributed by atoms with Gasteiger partial charge >= 0.3 is 0 Å². The lowest BCUT2D eigenvalue weighted by Crippen LogP contribution is -1.99. The lowest BCUT2D eigenvalue weighted by atomic mass is 10.4. The predicted molar refractivity (Wildman–Crippen MR) is 53.7 cm³/mol. The second-order valence-electron chi connectivity index (χ2n) is 2.05. The number of rotatable bonds is 3. The van der Waals surface area contributed by atoms with Gasteiger partial charge in [0, 0.05) is 15.9 Å². The molecule has 3 heteroatoms. The molecule has 0 aliphatic rings. The van der Waals surface area contributed by atoms with Crippen LogP contribution in [0.2, 0.25) is 0 Å². The highest BCUT2D eigenvalue weighted by molar-refractivity contribution is 9.10. The summed E-state index contributed by atoms with van der Waals surface area (Å²) in [6.07, 6.45) is 0. The quantitative estimate of drug-likeness (QED) is 0.804. The second-order valence-corrected chi connectivity index (χ2v) is 3.93. The summed E-state index contributed by atoms with van der Waals surface area (Å²) in [4.78, 5) is 1.25. The van der Waals surface area contributed by atoms with E-state index in [-0.39, 0.29) is 0 Å². The maximum absolute atomic E-state index is 3.38. The summed E-state index contributed by atoms with van der Waals surface area (Å²) in [5, 5.41) is 0. The molecule has 1 N–H and O–H groups in total. The Bertz CT molecular complexity index is 210. The van der Waals surface area contributed by atoms with Gasteiger partial charge in [-0.1, -0.05) is 22.9 Å². The van der Waals surface area contributed by atoms with Gasteiger partial charge in [-0.2, -0.15) is 0 Å². The zero-order valence-electron chi connectivity index (χ0n) is 6.30. The van der Waals surface area contributed by atoms with E-state index in [1.54, 1.807) is 11.9 Å². The van der Waals surface area contributed by atoms with Crippen molar-refractivity contribution >= 4 is 27.9 Å². The Kier molecular flexibility index (Phi) is 3.97. The third-order valence-corrected chi connectivity index (χ3v) is 2.62. The van der Waals surface area contributed by atoms with Crippen LogP contribution >= 0.6 is 27.9 Å². The van der Waals surface area contributed by atoms with E-state index < -0.39 is 0 Å². The summed E-state index contributed by atoms with van der Waals surface area (Å²) >= 11 is 5.04. The highest BCUT2D eigenvalue weighted by Gasteiger charge is 1.90. The molecule has 1 nitrogen and oxygen atoms in total. The minimum absolute atomic E-state index is 0.987. The first-order valence-electron chi connectivity index (χ1n) is 3.48. The molecule has 0 saturated heterocycles. The molecule has 0 saturated carbocycles. The van der Waals surface area contributed by atoms with Crippen LogP contribution in [0.25, 0.3) is 0 Å². The van der Waals surface area contributed by atoms with Gasteiger partial charge in [0.05, 0.1) is 0 Å². The highest BCUT2D eigenvalue weighted by atomic mass is 79.9. The van der Waals surface area contributed by atoms with E-state index in [1.807, 2.05) is 12.1 Å². The van der Waals surface area contributed by atoms with Crippen LogP contribution in [0.3, 0.4) is 0 Å². The molecule has 0 amide bonds. The number of halogens is 1. The smallest absolute Gasteiger partial charge is 0.0228 e. The summed E-state index contributed by atoms with van der Waals surface area (Å²) in [5.41, 5.74) is 0. The van der Waals surface area contributed by atoms with E-state index in [1.165, 1.54) is 4.90 Å². The van der Waals surface area contributed by atoms with Crippen molar-refractivity contribution in [3.63, 3.8) is 0 Å². The van der Waals surface area contributed by atoms with Gasteiger partial charge in [0.15, 0.2) is 0 Å². The second kappa shape index (κ2) is 4.80. The van der Waals surface area contributed by atoms with Crippen molar-refractivity contribution in [3.8, 4) is 0 Å². The number of nitrogens with one attached hydrogen (secondary N) is 1. The van der Waals surface area contributed by atoms with Crippen LogP contribution in [0.15, 0.2) is 33.6 Å². The van der Waals surface area contributed by atoms with Crippen LogP contribution in [0.4, 0.5) is 0 Å². The fraction of sp³-hybridized carbons (Fsp3) is 0.250. The van der Waals surface area contributed by atoms with Gasteiger partial charge < -0.3 is 0 Å². The first-order valence-corrected chi connectivity index (χ1v) is 5.09. The zero-order valence-corrected chi connectivity index (χ0v) is 8.71. The van der Waals surface area contributed by atoms with E-state index in [9.17, 15) is 0 Å². The molecule has 0 aliphatic carbocycles. The molecule has 11 heavy (non-hydrogen) atoms. The molecule has 0 fully saturated rings. The van der Waals surface area contributed by atoms with Crippen molar-refractivity contribution in [2.75, 3.05) is 6.54 Å². The Morgan fingerprint density at radius 3 is 2.55 bits per heavy atom. The van der Waals surface area contributed by atoms with Gasteiger partial charge in [0.2, 0.25) is 0 Å². The first kappa shape index (κ1) is 9.10. The van der Waals surface area contributed by atoms with Crippen molar-refractivity contribution < 1.29 is 0 Å². The van der Waals surface area contributed by atoms with Crippen molar-refractivity contribution in [1.82, 2.24) is 4.72 Å². The zero-order chi connectivity index (χ0) is 8.10. The lowest BCUT2D eigenvalue weighted by Gasteiger charge is -1.99. The summed E-state index contributed by atoms with van der Waals surface area (Å²) < 4.78 is 4.31. The molecule has 1 rings (SSSR count). The van der Waals surface area contributed by atoms with Gasteiger partial charge in [-0.3, -0.25) is 4.72 Å². The van der Waals surface area contributed by atoms with Crippen LogP contribution in [-0.4, -0.2) is 6.54 Å². The van der Waals surface area contributed by atoms with Gasteiger partial charge in [-0.05, 0) is 36.2 Å². The third kappa shape index (κ3) is 3.27. The third-order valence-electron chi connectivity index (χ3n) is 1.15. The van der Waals surface area contributed by atoms with E-state index in [4.69, 9.17) is 0 Å². The SMILES string of the molecule is CCNSc1ccc(Br)cc1. The number of hydrogen-bond donors (Lipinski definition) is 1. The summed E-state index contributed by atoms with van der Waals surface area (Å²) in [6.45, 7) is 3.08. The van der Waals surface area contributed by atoms with Crippen LogP contribution in [0.1, 0.15) is 6.92 Å². The van der Waals surface area contributed by atoms with E-state index >= 15 is 0 Å². The average molecular weight is 232 g/mol. The Hall–Kier alpha value is 0.01000.